The highest BCUT2D eigenvalue weighted by atomic mass is 19.4. The summed E-state index contributed by atoms with van der Waals surface area (Å²) in [6.07, 6.45) is -4.21. The Bertz CT molecular complexity index is 278. The lowest BCUT2D eigenvalue weighted by Gasteiger charge is -2.23. The normalized spacial score (nSPS) is 21.6. The molecule has 1 aliphatic heterocycles. The molecule has 15 heavy (non-hydrogen) atoms. The van der Waals surface area contributed by atoms with Crippen molar-refractivity contribution < 1.29 is 22.8 Å². The van der Waals surface area contributed by atoms with Crippen molar-refractivity contribution in [2.45, 2.75) is 25.1 Å². The number of nitrogens with zero attached hydrogens (tertiary/aromatic N) is 1. The number of likely N-dealkylation sites (tertiary alicyclic amines) is 1. The van der Waals surface area contributed by atoms with Crippen molar-refractivity contribution in [3.63, 3.8) is 0 Å². The first-order valence-corrected chi connectivity index (χ1v) is 4.47. The van der Waals surface area contributed by atoms with E-state index in [4.69, 9.17) is 0 Å². The van der Waals surface area contributed by atoms with Gasteiger partial charge in [0.2, 0.25) is 5.91 Å². The third-order valence-electron chi connectivity index (χ3n) is 2.31. The van der Waals surface area contributed by atoms with Crippen molar-refractivity contribution in [2.75, 3.05) is 13.6 Å². The van der Waals surface area contributed by atoms with E-state index >= 15 is 0 Å². The second kappa shape index (κ2) is 4.08. The van der Waals surface area contributed by atoms with E-state index in [1.54, 1.807) is 0 Å². The number of alkyl halides is 3. The summed E-state index contributed by atoms with van der Waals surface area (Å²) in [5, 5.41) is 2.24. The zero-order valence-corrected chi connectivity index (χ0v) is 8.10. The van der Waals surface area contributed by atoms with Gasteiger partial charge in [0.15, 0.2) is 0 Å². The largest absolute Gasteiger partial charge is 0.471 e. The van der Waals surface area contributed by atoms with E-state index in [0.717, 1.165) is 0 Å². The van der Waals surface area contributed by atoms with Crippen LogP contribution in [0.3, 0.4) is 0 Å². The van der Waals surface area contributed by atoms with Gasteiger partial charge in [-0.25, -0.2) is 0 Å². The van der Waals surface area contributed by atoms with Gasteiger partial charge in [-0.3, -0.25) is 9.59 Å². The van der Waals surface area contributed by atoms with E-state index in [1.807, 2.05) is 0 Å². The Hall–Kier alpha value is -1.27. The Morgan fingerprint density at radius 1 is 1.40 bits per heavy atom. The Balaban J connectivity index is 2.77. The van der Waals surface area contributed by atoms with Gasteiger partial charge in [-0.2, -0.15) is 13.2 Å². The predicted molar refractivity (Wildman–Crippen MR) is 44.9 cm³/mol. The first kappa shape index (κ1) is 11.8. The summed E-state index contributed by atoms with van der Waals surface area (Å²) >= 11 is 0. The molecule has 7 heteroatoms. The van der Waals surface area contributed by atoms with Crippen molar-refractivity contribution in [2.24, 2.45) is 0 Å². The lowest BCUT2D eigenvalue weighted by Crippen LogP contribution is -2.49. The second-order valence-corrected chi connectivity index (χ2v) is 3.27. The van der Waals surface area contributed by atoms with Gasteiger partial charge < -0.3 is 10.2 Å². The fourth-order valence-electron chi connectivity index (χ4n) is 1.61. The monoisotopic (exact) mass is 224 g/mol. The maximum absolute atomic E-state index is 12.1. The second-order valence-electron chi connectivity index (χ2n) is 3.27. The molecule has 86 valence electrons. The molecule has 1 atom stereocenters. The summed E-state index contributed by atoms with van der Waals surface area (Å²) in [5.41, 5.74) is 0. The summed E-state index contributed by atoms with van der Waals surface area (Å²) in [4.78, 5) is 22.7. The predicted octanol–water partition coefficient (Wildman–Crippen LogP) is 0.286. The molecule has 1 aliphatic rings. The molecule has 1 heterocycles. The molecular weight excluding hydrogens is 213 g/mol. The number of carbonyl (C=O) groups is 2. The lowest BCUT2D eigenvalue weighted by atomic mass is 10.2. The van der Waals surface area contributed by atoms with Gasteiger partial charge >= 0.3 is 12.1 Å². The third-order valence-corrected chi connectivity index (χ3v) is 2.31. The number of hydrogen-bond donors (Lipinski definition) is 1. The van der Waals surface area contributed by atoms with E-state index in [9.17, 15) is 22.8 Å². The van der Waals surface area contributed by atoms with Gasteiger partial charge in [-0.05, 0) is 12.8 Å². The molecule has 1 N–H and O–H groups in total. The lowest BCUT2D eigenvalue weighted by molar-refractivity contribution is -0.186. The maximum atomic E-state index is 12.1. The minimum atomic E-state index is -4.91. The van der Waals surface area contributed by atoms with E-state index in [-0.39, 0.29) is 13.0 Å². The summed E-state index contributed by atoms with van der Waals surface area (Å²) in [7, 11) is 1.33. The van der Waals surface area contributed by atoms with Crippen LogP contribution in [-0.2, 0) is 9.59 Å². The molecule has 0 aromatic carbocycles. The SMILES string of the molecule is CNC(=O)[C@@H]1CCCN1C(=O)C(F)(F)F. The summed E-state index contributed by atoms with van der Waals surface area (Å²) in [5.74, 6) is -2.49. The van der Waals surface area contributed by atoms with Gasteiger partial charge in [-0.15, -0.1) is 0 Å². The smallest absolute Gasteiger partial charge is 0.357 e. The first-order chi connectivity index (χ1) is 6.88. The average molecular weight is 224 g/mol. The Morgan fingerprint density at radius 3 is 2.47 bits per heavy atom. The summed E-state index contributed by atoms with van der Waals surface area (Å²) < 4.78 is 36.4. The van der Waals surface area contributed by atoms with Crippen LogP contribution in [0.25, 0.3) is 0 Å². The van der Waals surface area contributed by atoms with Crippen LogP contribution in [0.5, 0.6) is 0 Å². The number of likely N-dealkylation sites (N-methyl/N-ethyl adjacent to an activating group) is 1. The van der Waals surface area contributed by atoms with Crippen LogP contribution in [0.15, 0.2) is 0 Å². The average Bonchev–Trinajstić information content (AvgIpc) is 2.62. The molecule has 0 radical (unpaired) electrons. The molecule has 0 aromatic heterocycles. The quantitative estimate of drug-likeness (QED) is 0.695. The molecule has 4 nitrogen and oxygen atoms in total. The molecule has 0 aliphatic carbocycles. The van der Waals surface area contributed by atoms with Crippen LogP contribution in [0.1, 0.15) is 12.8 Å². The highest BCUT2D eigenvalue weighted by Gasteiger charge is 2.47. The molecular formula is C8H11F3N2O2. The minimum absolute atomic E-state index is 0.0174. The minimum Gasteiger partial charge on any atom is -0.357 e. The van der Waals surface area contributed by atoms with Crippen LogP contribution in [0, 0.1) is 0 Å². The van der Waals surface area contributed by atoms with Crippen molar-refractivity contribution >= 4 is 11.8 Å². The maximum Gasteiger partial charge on any atom is 0.471 e. The van der Waals surface area contributed by atoms with E-state index in [2.05, 4.69) is 5.32 Å². The summed E-state index contributed by atoms with van der Waals surface area (Å²) in [6.45, 7) is -0.0174. The fraction of sp³-hybridized carbons (Fsp3) is 0.750. The molecule has 1 rings (SSSR count). The molecule has 0 unspecified atom stereocenters. The zero-order valence-electron chi connectivity index (χ0n) is 8.10. The number of nitrogens with one attached hydrogen (secondary N) is 1. The third kappa shape index (κ3) is 2.40. The van der Waals surface area contributed by atoms with Crippen LogP contribution >= 0.6 is 0 Å². The number of amides is 2. The van der Waals surface area contributed by atoms with Crippen molar-refractivity contribution in [1.29, 1.82) is 0 Å². The van der Waals surface area contributed by atoms with Crippen LogP contribution in [0.2, 0.25) is 0 Å². The standard InChI is InChI=1S/C8H11F3N2O2/c1-12-6(14)5-3-2-4-13(5)7(15)8(9,10)11/h5H,2-4H2,1H3,(H,12,14)/t5-/m0/s1. The number of halogens is 3. The van der Waals surface area contributed by atoms with Gasteiger partial charge in [-0.1, -0.05) is 0 Å². The van der Waals surface area contributed by atoms with E-state index < -0.39 is 24.0 Å². The molecule has 2 amide bonds. The number of rotatable bonds is 1. The Kier molecular flexibility index (Phi) is 3.21. The van der Waals surface area contributed by atoms with Gasteiger partial charge in [0.25, 0.3) is 0 Å². The van der Waals surface area contributed by atoms with Crippen molar-refractivity contribution in [3.8, 4) is 0 Å². The molecule has 1 fully saturated rings. The van der Waals surface area contributed by atoms with Crippen LogP contribution in [0.4, 0.5) is 13.2 Å². The summed E-state index contributed by atoms with van der Waals surface area (Å²) in [6, 6.07) is -0.982. The number of hydrogen-bond acceptors (Lipinski definition) is 2. The highest BCUT2D eigenvalue weighted by molar-refractivity contribution is 5.90. The first-order valence-electron chi connectivity index (χ1n) is 4.47. The van der Waals surface area contributed by atoms with Crippen LogP contribution in [-0.4, -0.2) is 42.5 Å². The van der Waals surface area contributed by atoms with Gasteiger partial charge in [0.05, 0.1) is 0 Å². The van der Waals surface area contributed by atoms with Crippen LogP contribution < -0.4 is 5.32 Å². The Labute approximate surface area is 84.4 Å². The molecule has 0 bridgehead atoms. The molecule has 0 spiro atoms. The van der Waals surface area contributed by atoms with Crippen molar-refractivity contribution in [1.82, 2.24) is 10.2 Å². The van der Waals surface area contributed by atoms with Crippen molar-refractivity contribution in [3.05, 3.63) is 0 Å². The Morgan fingerprint density at radius 2 is 2.00 bits per heavy atom. The molecule has 0 aromatic rings. The van der Waals surface area contributed by atoms with Gasteiger partial charge in [0.1, 0.15) is 6.04 Å². The van der Waals surface area contributed by atoms with E-state index in [1.165, 1.54) is 7.05 Å². The molecule has 0 saturated carbocycles. The highest BCUT2D eigenvalue weighted by Crippen LogP contribution is 2.25. The fourth-order valence-corrected chi connectivity index (χ4v) is 1.61. The van der Waals surface area contributed by atoms with Gasteiger partial charge in [0, 0.05) is 13.6 Å². The zero-order chi connectivity index (χ0) is 11.6. The van der Waals surface area contributed by atoms with E-state index in [0.29, 0.717) is 11.3 Å². The molecule has 1 saturated heterocycles. The number of carbonyl (C=O) groups excluding carboxylic acids is 2. The topological polar surface area (TPSA) is 49.4 Å².